The molecule has 1 unspecified atom stereocenters. The number of carbonyl (C=O) groups excluding carboxylic acids is 1. The zero-order valence-corrected chi connectivity index (χ0v) is 16.9. The summed E-state index contributed by atoms with van der Waals surface area (Å²) >= 11 is 1.03. The Morgan fingerprint density at radius 3 is 2.81 bits per heavy atom. The van der Waals surface area contributed by atoms with Gasteiger partial charge in [0, 0.05) is 13.1 Å². The normalized spacial score (nSPS) is 16.6. The summed E-state index contributed by atoms with van der Waals surface area (Å²) in [7, 11) is 0. The summed E-state index contributed by atoms with van der Waals surface area (Å²) in [5, 5.41) is 3.33. The third kappa shape index (κ3) is 4.95. The highest BCUT2D eigenvalue weighted by molar-refractivity contribution is 7.21. The van der Waals surface area contributed by atoms with Crippen LogP contribution in [0, 0.1) is 0 Å². The van der Waals surface area contributed by atoms with Gasteiger partial charge in [-0.3, -0.25) is 14.6 Å². The molecule has 3 aromatic rings. The monoisotopic (exact) mass is 453 g/mol. The molecule has 3 heterocycles. The Balaban J connectivity index is 1.51. The number of nitrogens with zero attached hydrogens (tertiary/aromatic N) is 3. The second-order valence-corrected chi connectivity index (χ2v) is 7.94. The van der Waals surface area contributed by atoms with Crippen LogP contribution in [-0.2, 0) is 11.3 Å². The Hall–Kier alpha value is -3.15. The number of aromatic nitrogens is 3. The summed E-state index contributed by atoms with van der Waals surface area (Å²) in [6.07, 6.45) is -3.16. The third-order valence-electron chi connectivity index (χ3n) is 4.72. The van der Waals surface area contributed by atoms with E-state index in [9.17, 15) is 22.8 Å². The molecule has 0 radical (unpaired) electrons. The van der Waals surface area contributed by atoms with Crippen LogP contribution in [0.3, 0.4) is 0 Å². The van der Waals surface area contributed by atoms with E-state index >= 15 is 0 Å². The molecule has 1 amide bonds. The number of benzene rings is 1. The minimum atomic E-state index is -4.55. The Labute approximate surface area is 178 Å². The van der Waals surface area contributed by atoms with Crippen molar-refractivity contribution in [2.75, 3.05) is 18.1 Å². The van der Waals surface area contributed by atoms with Crippen molar-refractivity contribution in [1.82, 2.24) is 20.3 Å². The third-order valence-corrected chi connectivity index (χ3v) is 5.71. The lowest BCUT2D eigenvalue weighted by Crippen LogP contribution is -2.43. The second kappa shape index (κ2) is 8.53. The number of carbonyl (C=O) groups is 1. The van der Waals surface area contributed by atoms with Crippen LogP contribution < -0.4 is 20.5 Å². The van der Waals surface area contributed by atoms with Gasteiger partial charge in [0.05, 0.1) is 0 Å². The molecule has 31 heavy (non-hydrogen) atoms. The van der Waals surface area contributed by atoms with Gasteiger partial charge < -0.3 is 15.0 Å². The number of ether oxygens (including phenoxy) is 1. The number of halogens is 3. The molecule has 1 aliphatic heterocycles. The van der Waals surface area contributed by atoms with Gasteiger partial charge in [0.15, 0.2) is 22.1 Å². The fourth-order valence-electron chi connectivity index (χ4n) is 3.31. The summed E-state index contributed by atoms with van der Waals surface area (Å²) < 4.78 is 41.6. The first kappa shape index (κ1) is 21.1. The molecule has 12 heteroatoms. The van der Waals surface area contributed by atoms with Gasteiger partial charge in [0.25, 0.3) is 11.6 Å². The molecule has 1 saturated heterocycles. The van der Waals surface area contributed by atoms with Gasteiger partial charge in [-0.05, 0) is 18.4 Å². The molecule has 4 rings (SSSR count). The van der Waals surface area contributed by atoms with E-state index in [1.807, 2.05) is 30.3 Å². The number of amides is 1. The number of fused-ring (bicyclic) bond motifs is 1. The minimum Gasteiger partial charge on any atom is -0.455 e. The molecule has 1 aromatic carbocycles. The molecule has 8 nitrogen and oxygen atoms in total. The lowest BCUT2D eigenvalue weighted by atomic mass is 10.2. The molecular formula is C19H18F3N5O3S. The van der Waals surface area contributed by atoms with Crippen molar-refractivity contribution in [2.45, 2.75) is 31.6 Å². The maximum atomic E-state index is 12.7. The molecule has 0 saturated carbocycles. The Morgan fingerprint density at radius 2 is 2.06 bits per heavy atom. The highest BCUT2D eigenvalue weighted by atomic mass is 32.1. The number of H-pyrrole nitrogens is 1. The van der Waals surface area contributed by atoms with E-state index in [-0.39, 0.29) is 16.3 Å². The fraction of sp³-hybridized carbons (Fsp3) is 0.368. The predicted molar refractivity (Wildman–Crippen MR) is 108 cm³/mol. The van der Waals surface area contributed by atoms with Gasteiger partial charge in [-0.2, -0.15) is 18.2 Å². The quantitative estimate of drug-likeness (QED) is 0.595. The van der Waals surface area contributed by atoms with Crippen molar-refractivity contribution < 1.29 is 22.7 Å². The van der Waals surface area contributed by atoms with E-state index in [0.29, 0.717) is 24.6 Å². The van der Waals surface area contributed by atoms with Gasteiger partial charge in [0.1, 0.15) is 6.04 Å². The van der Waals surface area contributed by atoms with Crippen LogP contribution in [0.1, 0.15) is 18.4 Å². The Kier molecular flexibility index (Phi) is 5.81. The molecule has 2 N–H and O–H groups in total. The number of hydrogen-bond acceptors (Lipinski definition) is 7. The van der Waals surface area contributed by atoms with Gasteiger partial charge in [0.2, 0.25) is 5.91 Å². The highest BCUT2D eigenvalue weighted by Crippen LogP contribution is 2.32. The van der Waals surface area contributed by atoms with Crippen molar-refractivity contribution >= 4 is 32.7 Å². The van der Waals surface area contributed by atoms with Crippen molar-refractivity contribution in [2.24, 2.45) is 0 Å². The van der Waals surface area contributed by atoms with Gasteiger partial charge in [-0.1, -0.05) is 41.7 Å². The molecule has 0 bridgehead atoms. The molecule has 2 aromatic heterocycles. The van der Waals surface area contributed by atoms with Crippen molar-refractivity contribution in [3.05, 3.63) is 46.2 Å². The van der Waals surface area contributed by atoms with E-state index in [4.69, 9.17) is 0 Å². The van der Waals surface area contributed by atoms with Crippen molar-refractivity contribution in [1.29, 1.82) is 0 Å². The van der Waals surface area contributed by atoms with Crippen molar-refractivity contribution in [3.8, 4) is 6.01 Å². The first-order valence-corrected chi connectivity index (χ1v) is 10.3. The maximum Gasteiger partial charge on any atom is 0.422 e. The van der Waals surface area contributed by atoms with Crippen molar-refractivity contribution in [3.63, 3.8) is 0 Å². The van der Waals surface area contributed by atoms with Crippen LogP contribution in [0.2, 0.25) is 0 Å². The smallest absolute Gasteiger partial charge is 0.422 e. The number of thiazole rings is 1. The van der Waals surface area contributed by atoms with Crippen LogP contribution >= 0.6 is 11.3 Å². The SMILES string of the molecule is O=C(NCc1ccccc1)C1CCCN1c1nc2c(=O)[nH]c(OCC(F)(F)F)nc2s1. The molecular weight excluding hydrogens is 435 g/mol. The van der Waals surface area contributed by atoms with Crippen LogP contribution in [-0.4, -0.2) is 46.2 Å². The predicted octanol–water partition coefficient (Wildman–Crippen LogP) is 2.61. The number of aromatic amines is 1. The Bertz CT molecular complexity index is 1130. The van der Waals surface area contributed by atoms with E-state index in [1.54, 1.807) is 4.90 Å². The summed E-state index contributed by atoms with van der Waals surface area (Å²) in [4.78, 5) is 37.2. The molecule has 1 atom stereocenters. The zero-order chi connectivity index (χ0) is 22.0. The van der Waals surface area contributed by atoms with E-state index in [2.05, 4.69) is 25.0 Å². The van der Waals surface area contributed by atoms with E-state index in [0.717, 1.165) is 23.3 Å². The average Bonchev–Trinajstić information content (AvgIpc) is 3.38. The Morgan fingerprint density at radius 1 is 1.29 bits per heavy atom. The number of nitrogens with one attached hydrogen (secondary N) is 2. The molecule has 0 aliphatic carbocycles. The summed E-state index contributed by atoms with van der Waals surface area (Å²) in [6.45, 7) is -0.605. The maximum absolute atomic E-state index is 12.7. The molecule has 1 fully saturated rings. The summed E-state index contributed by atoms with van der Waals surface area (Å²) in [5.74, 6) is -0.156. The largest absolute Gasteiger partial charge is 0.455 e. The van der Waals surface area contributed by atoms with E-state index < -0.39 is 30.4 Å². The second-order valence-electron chi connectivity index (χ2n) is 6.98. The minimum absolute atomic E-state index is 0.00491. The van der Waals surface area contributed by atoms with E-state index in [1.165, 1.54) is 0 Å². The number of anilines is 1. The van der Waals surface area contributed by atoms with Crippen LogP contribution in [0.4, 0.5) is 18.3 Å². The highest BCUT2D eigenvalue weighted by Gasteiger charge is 2.33. The molecule has 1 aliphatic rings. The van der Waals surface area contributed by atoms with Gasteiger partial charge in [-0.25, -0.2) is 4.98 Å². The first-order chi connectivity index (χ1) is 14.8. The van der Waals surface area contributed by atoms with Crippen LogP contribution in [0.25, 0.3) is 10.3 Å². The lowest BCUT2D eigenvalue weighted by molar-refractivity contribution is -0.154. The zero-order valence-electron chi connectivity index (χ0n) is 16.1. The number of rotatable bonds is 6. The topological polar surface area (TPSA) is 100 Å². The standard InChI is InChI=1S/C19H18F3N5O3S/c20-19(21,22)10-30-17-25-15(29)13-16(26-17)31-18(24-13)27-8-4-7-12(27)14(28)23-9-11-5-2-1-3-6-11/h1-3,5-6,12H,4,7-10H2,(H,23,28)(H,25,26,29). The molecule has 164 valence electrons. The van der Waals surface area contributed by atoms with Crippen LogP contribution in [0.5, 0.6) is 6.01 Å². The number of alkyl halides is 3. The average molecular weight is 453 g/mol. The lowest BCUT2D eigenvalue weighted by Gasteiger charge is -2.23. The van der Waals surface area contributed by atoms with Gasteiger partial charge in [-0.15, -0.1) is 0 Å². The number of hydrogen-bond donors (Lipinski definition) is 2. The van der Waals surface area contributed by atoms with Crippen LogP contribution in [0.15, 0.2) is 35.1 Å². The summed E-state index contributed by atoms with van der Waals surface area (Å²) in [6, 6.07) is 8.52. The fourth-order valence-corrected chi connectivity index (χ4v) is 4.32. The molecule has 0 spiro atoms. The summed E-state index contributed by atoms with van der Waals surface area (Å²) in [5.41, 5.74) is 0.270. The first-order valence-electron chi connectivity index (χ1n) is 9.49. The van der Waals surface area contributed by atoms with Gasteiger partial charge >= 0.3 is 6.18 Å².